The van der Waals surface area contributed by atoms with E-state index in [-0.39, 0.29) is 29.5 Å². The Kier molecular flexibility index (Phi) is 6.73. The van der Waals surface area contributed by atoms with Gasteiger partial charge in [0.25, 0.3) is 11.6 Å². The predicted molar refractivity (Wildman–Crippen MR) is 115 cm³/mol. The number of nitro benzene ring substituents is 1. The third-order valence-electron chi connectivity index (χ3n) is 4.41. The molecule has 1 unspecified atom stereocenters. The standard InChI is InChI=1S/C21H18BrFN4O3/c1-13(18-4-2-3-9-24-18)26-19-8-5-14(11-20(19)27(29)30)21(28)25-12-15-10-16(23)6-7-17(15)22/h2-11,13,26H,12H2,1H3,(H,25,28). The lowest BCUT2D eigenvalue weighted by Crippen LogP contribution is -2.23. The number of nitro groups is 1. The van der Waals surface area contributed by atoms with Crippen LogP contribution >= 0.6 is 15.9 Å². The lowest BCUT2D eigenvalue weighted by atomic mass is 10.1. The highest BCUT2D eigenvalue weighted by atomic mass is 79.9. The minimum Gasteiger partial charge on any atom is -0.371 e. The van der Waals surface area contributed by atoms with Crippen LogP contribution in [0.25, 0.3) is 0 Å². The zero-order chi connectivity index (χ0) is 21.7. The van der Waals surface area contributed by atoms with Gasteiger partial charge in [-0.1, -0.05) is 22.0 Å². The Balaban J connectivity index is 1.76. The first-order valence-corrected chi connectivity index (χ1v) is 9.82. The van der Waals surface area contributed by atoms with Crippen LogP contribution in [-0.2, 0) is 6.54 Å². The summed E-state index contributed by atoms with van der Waals surface area (Å²) in [5.41, 5.74) is 1.47. The fourth-order valence-corrected chi connectivity index (χ4v) is 3.23. The van der Waals surface area contributed by atoms with Crippen molar-refractivity contribution < 1.29 is 14.1 Å². The van der Waals surface area contributed by atoms with Crippen molar-refractivity contribution in [3.63, 3.8) is 0 Å². The molecule has 1 amide bonds. The summed E-state index contributed by atoms with van der Waals surface area (Å²) in [6, 6.07) is 13.5. The highest BCUT2D eigenvalue weighted by Crippen LogP contribution is 2.29. The summed E-state index contributed by atoms with van der Waals surface area (Å²) in [7, 11) is 0. The molecule has 154 valence electrons. The van der Waals surface area contributed by atoms with E-state index in [0.717, 1.165) is 5.69 Å². The molecule has 0 fully saturated rings. The molecular weight excluding hydrogens is 455 g/mol. The number of carbonyl (C=O) groups excluding carboxylic acids is 1. The maximum absolute atomic E-state index is 13.4. The van der Waals surface area contributed by atoms with Crippen molar-refractivity contribution in [2.75, 3.05) is 5.32 Å². The number of hydrogen-bond acceptors (Lipinski definition) is 5. The molecule has 1 heterocycles. The number of nitrogens with zero attached hydrogens (tertiary/aromatic N) is 2. The van der Waals surface area contributed by atoms with Crippen LogP contribution in [0.3, 0.4) is 0 Å². The molecule has 2 N–H and O–H groups in total. The zero-order valence-corrected chi connectivity index (χ0v) is 17.5. The normalized spacial score (nSPS) is 11.6. The molecule has 1 atom stereocenters. The average molecular weight is 473 g/mol. The molecule has 0 saturated heterocycles. The van der Waals surface area contributed by atoms with Gasteiger partial charge in [0.2, 0.25) is 0 Å². The average Bonchev–Trinajstić information content (AvgIpc) is 2.74. The molecule has 0 bridgehead atoms. The van der Waals surface area contributed by atoms with Crippen LogP contribution in [0.1, 0.15) is 34.6 Å². The Morgan fingerprint density at radius 2 is 2.03 bits per heavy atom. The summed E-state index contributed by atoms with van der Waals surface area (Å²) in [5, 5.41) is 17.3. The minimum absolute atomic E-state index is 0.0711. The monoisotopic (exact) mass is 472 g/mol. The van der Waals surface area contributed by atoms with Crippen LogP contribution in [0.15, 0.2) is 65.3 Å². The number of rotatable bonds is 7. The molecule has 0 spiro atoms. The first-order valence-electron chi connectivity index (χ1n) is 9.03. The summed E-state index contributed by atoms with van der Waals surface area (Å²) in [6.07, 6.45) is 1.65. The van der Waals surface area contributed by atoms with Gasteiger partial charge in [0.1, 0.15) is 11.5 Å². The Hall–Kier alpha value is -3.33. The van der Waals surface area contributed by atoms with E-state index in [4.69, 9.17) is 0 Å². The fourth-order valence-electron chi connectivity index (χ4n) is 2.84. The number of benzene rings is 2. The predicted octanol–water partition coefficient (Wildman–Crippen LogP) is 4.99. The quantitative estimate of drug-likeness (QED) is 0.372. The Morgan fingerprint density at radius 1 is 1.23 bits per heavy atom. The Bertz CT molecular complexity index is 1080. The number of amides is 1. The van der Waals surface area contributed by atoms with Crippen LogP contribution in [-0.4, -0.2) is 15.8 Å². The van der Waals surface area contributed by atoms with E-state index in [2.05, 4.69) is 31.5 Å². The van der Waals surface area contributed by atoms with E-state index in [1.165, 1.54) is 30.3 Å². The first-order chi connectivity index (χ1) is 14.3. The van der Waals surface area contributed by atoms with Crippen LogP contribution in [0.2, 0.25) is 0 Å². The highest BCUT2D eigenvalue weighted by molar-refractivity contribution is 9.10. The molecular formula is C21H18BrFN4O3. The van der Waals surface area contributed by atoms with Gasteiger partial charge in [0.05, 0.1) is 16.7 Å². The van der Waals surface area contributed by atoms with Crippen molar-refractivity contribution in [3.05, 3.63) is 98.0 Å². The smallest absolute Gasteiger partial charge is 0.293 e. The van der Waals surface area contributed by atoms with Crippen molar-refractivity contribution >= 4 is 33.2 Å². The van der Waals surface area contributed by atoms with Gasteiger partial charge in [-0.15, -0.1) is 0 Å². The number of pyridine rings is 1. The minimum atomic E-state index is -0.548. The molecule has 9 heteroatoms. The van der Waals surface area contributed by atoms with Gasteiger partial charge in [-0.2, -0.15) is 0 Å². The second-order valence-electron chi connectivity index (χ2n) is 6.53. The third-order valence-corrected chi connectivity index (χ3v) is 5.18. The van der Waals surface area contributed by atoms with Gasteiger partial charge in [0.15, 0.2) is 0 Å². The summed E-state index contributed by atoms with van der Waals surface area (Å²) in [5.74, 6) is -0.922. The number of halogens is 2. The van der Waals surface area contributed by atoms with Crippen molar-refractivity contribution in [1.82, 2.24) is 10.3 Å². The zero-order valence-electron chi connectivity index (χ0n) is 15.9. The first kappa shape index (κ1) is 21.4. The Morgan fingerprint density at radius 3 is 2.73 bits per heavy atom. The molecule has 3 rings (SSSR count). The molecule has 7 nitrogen and oxygen atoms in total. The SMILES string of the molecule is CC(Nc1ccc(C(=O)NCc2cc(F)ccc2Br)cc1[N+](=O)[O-])c1ccccn1. The van der Waals surface area contributed by atoms with Crippen LogP contribution in [0, 0.1) is 15.9 Å². The van der Waals surface area contributed by atoms with Gasteiger partial charge >= 0.3 is 0 Å². The van der Waals surface area contributed by atoms with E-state index in [0.29, 0.717) is 10.0 Å². The van der Waals surface area contributed by atoms with Gasteiger partial charge in [-0.25, -0.2) is 4.39 Å². The van der Waals surface area contributed by atoms with Gasteiger partial charge in [-0.3, -0.25) is 19.9 Å². The van der Waals surface area contributed by atoms with Gasteiger partial charge < -0.3 is 10.6 Å². The second kappa shape index (κ2) is 9.45. The van der Waals surface area contributed by atoms with E-state index in [1.54, 1.807) is 18.3 Å². The molecule has 0 aliphatic rings. The number of aromatic nitrogens is 1. The van der Waals surface area contributed by atoms with E-state index in [9.17, 15) is 19.3 Å². The molecule has 2 aromatic carbocycles. The van der Waals surface area contributed by atoms with E-state index < -0.39 is 16.6 Å². The number of nitrogens with one attached hydrogen (secondary N) is 2. The van der Waals surface area contributed by atoms with Gasteiger partial charge in [-0.05, 0) is 55.0 Å². The van der Waals surface area contributed by atoms with E-state index in [1.807, 2.05) is 19.1 Å². The summed E-state index contributed by atoms with van der Waals surface area (Å²) in [4.78, 5) is 27.7. The fraction of sp³-hybridized carbons (Fsp3) is 0.143. The largest absolute Gasteiger partial charge is 0.371 e. The topological polar surface area (TPSA) is 97.2 Å². The number of hydrogen-bond donors (Lipinski definition) is 2. The van der Waals surface area contributed by atoms with Crippen LogP contribution < -0.4 is 10.6 Å². The lowest BCUT2D eigenvalue weighted by Gasteiger charge is -2.15. The van der Waals surface area contributed by atoms with Crippen LogP contribution in [0.5, 0.6) is 0 Å². The maximum atomic E-state index is 13.4. The third kappa shape index (κ3) is 5.18. The highest BCUT2D eigenvalue weighted by Gasteiger charge is 2.20. The molecule has 3 aromatic rings. The summed E-state index contributed by atoms with van der Waals surface area (Å²) < 4.78 is 14.0. The number of anilines is 1. The van der Waals surface area contributed by atoms with Crippen molar-refractivity contribution in [2.24, 2.45) is 0 Å². The molecule has 0 radical (unpaired) electrons. The molecule has 1 aromatic heterocycles. The maximum Gasteiger partial charge on any atom is 0.293 e. The van der Waals surface area contributed by atoms with Crippen molar-refractivity contribution in [1.29, 1.82) is 0 Å². The molecule has 30 heavy (non-hydrogen) atoms. The number of carbonyl (C=O) groups is 1. The van der Waals surface area contributed by atoms with Crippen molar-refractivity contribution in [3.8, 4) is 0 Å². The molecule has 0 saturated carbocycles. The van der Waals surface area contributed by atoms with Crippen molar-refractivity contribution in [2.45, 2.75) is 19.5 Å². The molecule has 0 aliphatic heterocycles. The Labute approximate surface area is 180 Å². The van der Waals surface area contributed by atoms with Gasteiger partial charge in [0, 0.05) is 28.8 Å². The van der Waals surface area contributed by atoms with Crippen LogP contribution in [0.4, 0.5) is 15.8 Å². The second-order valence-corrected chi connectivity index (χ2v) is 7.38. The lowest BCUT2D eigenvalue weighted by molar-refractivity contribution is -0.384. The summed E-state index contributed by atoms with van der Waals surface area (Å²) in [6.45, 7) is 1.91. The van der Waals surface area contributed by atoms with E-state index >= 15 is 0 Å². The summed E-state index contributed by atoms with van der Waals surface area (Å²) >= 11 is 3.30. The molecule has 0 aliphatic carbocycles.